The topological polar surface area (TPSA) is 37.4 Å². The summed E-state index contributed by atoms with van der Waals surface area (Å²) in [5.41, 5.74) is 1.04. The molecule has 1 aliphatic rings. The highest BCUT2D eigenvalue weighted by Crippen LogP contribution is 2.35. The van der Waals surface area contributed by atoms with Crippen molar-refractivity contribution in [3.63, 3.8) is 0 Å². The fourth-order valence-corrected chi connectivity index (χ4v) is 6.36. The third-order valence-electron chi connectivity index (χ3n) is 4.23. The zero-order valence-electron chi connectivity index (χ0n) is 13.2. The molecule has 1 aromatic rings. The molecule has 4 atom stereocenters. The van der Waals surface area contributed by atoms with Crippen LogP contribution in [0, 0.1) is 31.1 Å². The molecule has 0 amide bonds. The summed E-state index contributed by atoms with van der Waals surface area (Å²) in [7, 11) is -3.54. The van der Waals surface area contributed by atoms with E-state index in [1.807, 2.05) is 26.0 Å². The molecule has 0 unspecified atom stereocenters. The van der Waals surface area contributed by atoms with Gasteiger partial charge in [-0.25, -0.2) is 8.42 Å². The molecule has 1 aromatic carbocycles. The summed E-state index contributed by atoms with van der Waals surface area (Å²) in [5.74, 6) is 2.86. The lowest BCUT2D eigenvalue weighted by Gasteiger charge is -2.42. The van der Waals surface area contributed by atoms with Crippen molar-refractivity contribution in [2.24, 2.45) is 11.8 Å². The number of rotatable bonds is 3. The van der Waals surface area contributed by atoms with E-state index in [9.17, 15) is 8.42 Å². The summed E-state index contributed by atoms with van der Waals surface area (Å²) in [6, 6.07) is 6.78. The van der Waals surface area contributed by atoms with E-state index in [-0.39, 0.29) is 16.8 Å². The van der Waals surface area contributed by atoms with Crippen LogP contribution >= 0.6 is 15.9 Å². The van der Waals surface area contributed by atoms with Crippen molar-refractivity contribution in [3.8, 4) is 12.3 Å². The molecule has 0 aliphatic carbocycles. The van der Waals surface area contributed by atoms with Gasteiger partial charge in [-0.1, -0.05) is 40.5 Å². The predicted octanol–water partition coefficient (Wildman–Crippen LogP) is 3.43. The predicted molar refractivity (Wildman–Crippen MR) is 93.4 cm³/mol. The van der Waals surface area contributed by atoms with Gasteiger partial charge in [-0.3, -0.25) is 0 Å². The van der Waals surface area contributed by atoms with Gasteiger partial charge in [-0.05, 0) is 38.3 Å². The van der Waals surface area contributed by atoms with Gasteiger partial charge < -0.3 is 0 Å². The number of aryl methyl sites for hydroxylation is 1. The Kier molecular flexibility index (Phi) is 5.37. The fraction of sp³-hybridized carbons (Fsp3) is 0.529. The zero-order chi connectivity index (χ0) is 16.5. The molecule has 22 heavy (non-hydrogen) atoms. The van der Waals surface area contributed by atoms with Crippen molar-refractivity contribution in [2.75, 3.05) is 6.54 Å². The summed E-state index contributed by atoms with van der Waals surface area (Å²) in [6.07, 6.45) is 6.50. The van der Waals surface area contributed by atoms with Gasteiger partial charge in [0.15, 0.2) is 0 Å². The lowest BCUT2D eigenvalue weighted by molar-refractivity contribution is 0.189. The van der Waals surface area contributed by atoms with Crippen molar-refractivity contribution in [3.05, 3.63) is 29.8 Å². The Bertz CT molecular complexity index is 663. The number of alkyl halides is 1. The average Bonchev–Trinajstić information content (AvgIpc) is 2.46. The molecule has 1 saturated heterocycles. The Morgan fingerprint density at radius 1 is 1.36 bits per heavy atom. The second-order valence-electron chi connectivity index (χ2n) is 6.19. The first kappa shape index (κ1) is 17.5. The first-order valence-corrected chi connectivity index (χ1v) is 9.81. The van der Waals surface area contributed by atoms with Crippen LogP contribution in [0.2, 0.25) is 0 Å². The second kappa shape index (κ2) is 6.74. The molecule has 120 valence electrons. The number of piperidine rings is 1. The quantitative estimate of drug-likeness (QED) is 0.592. The van der Waals surface area contributed by atoms with Crippen molar-refractivity contribution >= 4 is 26.0 Å². The molecule has 0 saturated carbocycles. The largest absolute Gasteiger partial charge is 0.243 e. The van der Waals surface area contributed by atoms with Gasteiger partial charge in [0.1, 0.15) is 0 Å². The molecule has 0 radical (unpaired) electrons. The van der Waals surface area contributed by atoms with E-state index in [1.165, 1.54) is 0 Å². The molecule has 0 N–H and O–H groups in total. The van der Waals surface area contributed by atoms with Gasteiger partial charge in [-0.2, -0.15) is 4.31 Å². The highest BCUT2D eigenvalue weighted by atomic mass is 79.9. The number of hydrogen-bond donors (Lipinski definition) is 0. The van der Waals surface area contributed by atoms with Crippen molar-refractivity contribution < 1.29 is 8.42 Å². The summed E-state index contributed by atoms with van der Waals surface area (Å²) >= 11 is 3.65. The van der Waals surface area contributed by atoms with Gasteiger partial charge in [-0.15, -0.1) is 12.3 Å². The molecule has 0 aromatic heterocycles. The lowest BCUT2D eigenvalue weighted by atomic mass is 9.89. The van der Waals surface area contributed by atoms with Crippen LogP contribution in [0.3, 0.4) is 0 Å². The van der Waals surface area contributed by atoms with E-state index in [2.05, 4.69) is 28.8 Å². The Balaban J connectivity index is 2.45. The standard InChI is InChI=1S/C17H22BrNO2S/c1-5-14(4)17-16(18)10-13(3)11-19(17)22(20,21)15-8-6-12(2)7-9-15/h1,6-9,13-14,16-17H,10-11H2,2-4H3/t13-,14-,16-,17-/m0/s1. The summed E-state index contributed by atoms with van der Waals surface area (Å²) in [5, 5.41) is 0. The summed E-state index contributed by atoms with van der Waals surface area (Å²) in [4.78, 5) is 0.406. The number of terminal acetylenes is 1. The molecule has 0 spiro atoms. The third-order valence-corrected chi connectivity index (χ3v) is 7.02. The van der Waals surface area contributed by atoms with Crippen LogP contribution in [0.4, 0.5) is 0 Å². The third kappa shape index (κ3) is 3.40. The minimum Gasteiger partial charge on any atom is -0.207 e. The van der Waals surface area contributed by atoms with E-state index in [0.29, 0.717) is 17.4 Å². The molecule has 2 rings (SSSR count). The lowest BCUT2D eigenvalue weighted by Crippen LogP contribution is -2.54. The summed E-state index contributed by atoms with van der Waals surface area (Å²) < 4.78 is 27.7. The molecule has 5 heteroatoms. The monoisotopic (exact) mass is 383 g/mol. The van der Waals surface area contributed by atoms with Crippen molar-refractivity contribution in [1.29, 1.82) is 0 Å². The van der Waals surface area contributed by atoms with Gasteiger partial charge in [0.05, 0.1) is 10.9 Å². The highest BCUT2D eigenvalue weighted by Gasteiger charge is 2.42. The highest BCUT2D eigenvalue weighted by molar-refractivity contribution is 9.09. The van der Waals surface area contributed by atoms with Crippen LogP contribution in [-0.4, -0.2) is 30.1 Å². The number of nitrogens with zero attached hydrogens (tertiary/aromatic N) is 1. The Hall–Kier alpha value is -0.830. The van der Waals surface area contributed by atoms with Gasteiger partial charge >= 0.3 is 0 Å². The van der Waals surface area contributed by atoms with Crippen LogP contribution < -0.4 is 0 Å². The first-order valence-electron chi connectivity index (χ1n) is 7.46. The number of benzene rings is 1. The Morgan fingerprint density at radius 3 is 2.50 bits per heavy atom. The minimum absolute atomic E-state index is 0.0718. The minimum atomic E-state index is -3.54. The SMILES string of the molecule is C#C[C@H](C)[C@H]1[C@@H](Br)C[C@H](C)CN1S(=O)(=O)c1ccc(C)cc1. The molecular formula is C17H22BrNO2S. The maximum absolute atomic E-state index is 13.1. The van der Waals surface area contributed by atoms with Crippen LogP contribution in [0.25, 0.3) is 0 Å². The number of sulfonamides is 1. The zero-order valence-corrected chi connectivity index (χ0v) is 15.6. The maximum atomic E-state index is 13.1. The maximum Gasteiger partial charge on any atom is 0.243 e. The van der Waals surface area contributed by atoms with Crippen LogP contribution in [0.15, 0.2) is 29.2 Å². The molecule has 1 aliphatic heterocycles. The van der Waals surface area contributed by atoms with Gasteiger partial charge in [0.2, 0.25) is 10.0 Å². The van der Waals surface area contributed by atoms with Gasteiger partial charge in [0, 0.05) is 17.3 Å². The fourth-order valence-electron chi connectivity index (χ4n) is 2.97. The molecule has 3 nitrogen and oxygen atoms in total. The molecular weight excluding hydrogens is 362 g/mol. The van der Waals surface area contributed by atoms with E-state index in [0.717, 1.165) is 12.0 Å². The molecule has 1 heterocycles. The number of halogens is 1. The van der Waals surface area contributed by atoms with E-state index < -0.39 is 10.0 Å². The van der Waals surface area contributed by atoms with Crippen molar-refractivity contribution in [1.82, 2.24) is 4.31 Å². The molecule has 1 fully saturated rings. The Morgan fingerprint density at radius 2 is 1.95 bits per heavy atom. The molecule has 0 bridgehead atoms. The van der Waals surface area contributed by atoms with E-state index >= 15 is 0 Å². The smallest absolute Gasteiger partial charge is 0.207 e. The van der Waals surface area contributed by atoms with Crippen LogP contribution in [0.5, 0.6) is 0 Å². The van der Waals surface area contributed by atoms with Crippen LogP contribution in [-0.2, 0) is 10.0 Å². The average molecular weight is 384 g/mol. The van der Waals surface area contributed by atoms with E-state index in [1.54, 1.807) is 16.4 Å². The second-order valence-corrected chi connectivity index (χ2v) is 9.26. The number of hydrogen-bond acceptors (Lipinski definition) is 2. The van der Waals surface area contributed by atoms with Gasteiger partial charge in [0.25, 0.3) is 0 Å². The van der Waals surface area contributed by atoms with Crippen LogP contribution in [0.1, 0.15) is 25.8 Å². The normalized spacial score (nSPS) is 28.0. The van der Waals surface area contributed by atoms with E-state index in [4.69, 9.17) is 6.42 Å². The van der Waals surface area contributed by atoms with Crippen molar-refractivity contribution in [2.45, 2.75) is 43.0 Å². The summed E-state index contributed by atoms with van der Waals surface area (Å²) in [6.45, 7) is 6.43. The Labute approximate surface area is 142 Å². The first-order chi connectivity index (χ1) is 10.3.